The summed E-state index contributed by atoms with van der Waals surface area (Å²) in [6.45, 7) is 0. The fraction of sp³-hybridized carbons (Fsp3) is 0.158. The van der Waals surface area contributed by atoms with Crippen LogP contribution in [-0.4, -0.2) is 26.1 Å². The molecule has 0 bridgehead atoms. The number of nitrogens with zero attached hydrogens (tertiary/aromatic N) is 1. The van der Waals surface area contributed by atoms with Gasteiger partial charge in [-0.2, -0.15) is 13.2 Å². The monoisotopic (exact) mass is 377 g/mol. The maximum Gasteiger partial charge on any atom is 0.416 e. The van der Waals surface area contributed by atoms with Gasteiger partial charge in [0.2, 0.25) is 5.90 Å². The summed E-state index contributed by atoms with van der Waals surface area (Å²) in [7, 11) is 2.95. The minimum absolute atomic E-state index is 0.0270. The molecule has 2 aromatic carbocycles. The van der Waals surface area contributed by atoms with Crippen LogP contribution in [0.5, 0.6) is 11.5 Å². The Kier molecular flexibility index (Phi) is 4.89. The molecule has 5 nitrogen and oxygen atoms in total. The fourth-order valence-corrected chi connectivity index (χ4v) is 2.46. The molecule has 0 saturated carbocycles. The number of rotatable bonds is 4. The van der Waals surface area contributed by atoms with Crippen LogP contribution >= 0.6 is 0 Å². The average Bonchev–Trinajstić information content (AvgIpc) is 3.01. The van der Waals surface area contributed by atoms with Crippen LogP contribution in [0.4, 0.5) is 13.2 Å². The number of esters is 1. The van der Waals surface area contributed by atoms with Crippen molar-refractivity contribution in [3.8, 4) is 11.5 Å². The highest BCUT2D eigenvalue weighted by atomic mass is 19.4. The van der Waals surface area contributed by atoms with Gasteiger partial charge in [0.1, 0.15) is 0 Å². The molecule has 1 aliphatic rings. The molecule has 0 N–H and O–H groups in total. The van der Waals surface area contributed by atoms with E-state index >= 15 is 0 Å². The van der Waals surface area contributed by atoms with E-state index in [-0.39, 0.29) is 17.2 Å². The van der Waals surface area contributed by atoms with Gasteiger partial charge >= 0.3 is 12.1 Å². The zero-order valence-electron chi connectivity index (χ0n) is 14.3. The van der Waals surface area contributed by atoms with Gasteiger partial charge in [-0.25, -0.2) is 9.79 Å². The van der Waals surface area contributed by atoms with Gasteiger partial charge in [-0.15, -0.1) is 0 Å². The molecule has 140 valence electrons. The first kappa shape index (κ1) is 18.5. The van der Waals surface area contributed by atoms with E-state index in [0.717, 1.165) is 12.1 Å². The van der Waals surface area contributed by atoms with Gasteiger partial charge in [0.05, 0.1) is 19.8 Å². The number of ether oxygens (including phenoxy) is 3. The summed E-state index contributed by atoms with van der Waals surface area (Å²) in [5.74, 6) is 0.186. The van der Waals surface area contributed by atoms with E-state index in [4.69, 9.17) is 14.2 Å². The first-order valence-corrected chi connectivity index (χ1v) is 7.74. The van der Waals surface area contributed by atoms with Crippen molar-refractivity contribution >= 4 is 17.9 Å². The summed E-state index contributed by atoms with van der Waals surface area (Å²) < 4.78 is 53.9. The number of benzene rings is 2. The standard InChI is InChI=1S/C19H14F3NO4/c1-25-15-7-6-12(10-16(15)26-2)17-23-14(18(24)27-17)9-11-4-3-5-13(8-11)19(20,21)22/h3-10H,1-2H3. The van der Waals surface area contributed by atoms with E-state index < -0.39 is 17.7 Å². The lowest BCUT2D eigenvalue weighted by Gasteiger charge is -2.08. The Morgan fingerprint density at radius 3 is 2.44 bits per heavy atom. The number of carbonyl (C=O) groups is 1. The quantitative estimate of drug-likeness (QED) is 0.595. The second kappa shape index (κ2) is 7.14. The third kappa shape index (κ3) is 3.94. The zero-order valence-corrected chi connectivity index (χ0v) is 14.3. The van der Waals surface area contributed by atoms with Crippen molar-refractivity contribution in [1.29, 1.82) is 0 Å². The lowest BCUT2D eigenvalue weighted by Crippen LogP contribution is -2.06. The average molecular weight is 377 g/mol. The van der Waals surface area contributed by atoms with Gasteiger partial charge in [0.25, 0.3) is 0 Å². The van der Waals surface area contributed by atoms with Crippen molar-refractivity contribution < 1.29 is 32.2 Å². The molecule has 2 aromatic rings. The van der Waals surface area contributed by atoms with Gasteiger partial charge in [-0.1, -0.05) is 12.1 Å². The van der Waals surface area contributed by atoms with Crippen molar-refractivity contribution in [1.82, 2.24) is 0 Å². The van der Waals surface area contributed by atoms with Gasteiger partial charge in [0, 0.05) is 5.56 Å². The minimum Gasteiger partial charge on any atom is -0.493 e. The predicted molar refractivity (Wildman–Crippen MR) is 91.6 cm³/mol. The lowest BCUT2D eigenvalue weighted by molar-refractivity contribution is -0.137. The molecular weight excluding hydrogens is 363 g/mol. The molecule has 0 spiro atoms. The summed E-state index contributed by atoms with van der Waals surface area (Å²) >= 11 is 0. The number of alkyl halides is 3. The number of methoxy groups -OCH3 is 2. The molecule has 0 atom stereocenters. The van der Waals surface area contributed by atoms with Crippen LogP contribution in [-0.2, 0) is 15.7 Å². The summed E-state index contributed by atoms with van der Waals surface area (Å²) in [5.41, 5.74) is -0.256. The SMILES string of the molecule is COc1ccc(C2=NC(=Cc3cccc(C(F)(F)F)c3)C(=O)O2)cc1OC. The third-order valence-corrected chi connectivity index (χ3v) is 3.77. The Labute approximate surface area is 152 Å². The summed E-state index contributed by atoms with van der Waals surface area (Å²) in [6, 6.07) is 9.42. The maximum atomic E-state index is 12.8. The molecule has 3 rings (SSSR count). The molecule has 27 heavy (non-hydrogen) atoms. The number of hydrogen-bond acceptors (Lipinski definition) is 5. The molecule has 0 aromatic heterocycles. The van der Waals surface area contributed by atoms with Crippen LogP contribution in [0.2, 0.25) is 0 Å². The predicted octanol–water partition coefficient (Wildman–Crippen LogP) is 4.07. The zero-order chi connectivity index (χ0) is 19.6. The molecule has 0 radical (unpaired) electrons. The molecular formula is C19H14F3NO4. The Morgan fingerprint density at radius 2 is 1.78 bits per heavy atom. The topological polar surface area (TPSA) is 57.1 Å². The summed E-state index contributed by atoms with van der Waals surface area (Å²) in [5, 5.41) is 0. The van der Waals surface area contributed by atoms with Gasteiger partial charge in [0.15, 0.2) is 17.2 Å². The van der Waals surface area contributed by atoms with Crippen molar-refractivity contribution in [3.63, 3.8) is 0 Å². The van der Waals surface area contributed by atoms with Crippen LogP contribution in [0.1, 0.15) is 16.7 Å². The van der Waals surface area contributed by atoms with E-state index in [9.17, 15) is 18.0 Å². The molecule has 0 amide bonds. The molecule has 8 heteroatoms. The van der Waals surface area contributed by atoms with E-state index in [0.29, 0.717) is 17.1 Å². The van der Waals surface area contributed by atoms with Crippen molar-refractivity contribution in [2.24, 2.45) is 4.99 Å². The molecule has 1 heterocycles. The van der Waals surface area contributed by atoms with Crippen LogP contribution in [0.15, 0.2) is 53.2 Å². The number of halogens is 3. The normalized spacial score (nSPS) is 15.5. The highest BCUT2D eigenvalue weighted by Gasteiger charge is 2.30. The van der Waals surface area contributed by atoms with E-state index in [1.807, 2.05) is 0 Å². The second-order valence-corrected chi connectivity index (χ2v) is 5.53. The number of carbonyl (C=O) groups excluding carboxylic acids is 1. The number of hydrogen-bond donors (Lipinski definition) is 0. The highest BCUT2D eigenvalue weighted by Crippen LogP contribution is 2.31. The first-order valence-electron chi connectivity index (χ1n) is 7.74. The third-order valence-electron chi connectivity index (χ3n) is 3.77. The molecule has 1 aliphatic heterocycles. The second-order valence-electron chi connectivity index (χ2n) is 5.53. The fourth-order valence-electron chi connectivity index (χ4n) is 2.46. The van der Waals surface area contributed by atoms with Crippen LogP contribution in [0.25, 0.3) is 6.08 Å². The van der Waals surface area contributed by atoms with Crippen LogP contribution in [0, 0.1) is 0 Å². The van der Waals surface area contributed by atoms with Crippen LogP contribution < -0.4 is 9.47 Å². The van der Waals surface area contributed by atoms with Gasteiger partial charge in [-0.05, 0) is 42.0 Å². The maximum absolute atomic E-state index is 12.8. The van der Waals surface area contributed by atoms with Gasteiger partial charge < -0.3 is 14.2 Å². The van der Waals surface area contributed by atoms with Crippen molar-refractivity contribution in [3.05, 3.63) is 64.9 Å². The Morgan fingerprint density at radius 1 is 1.04 bits per heavy atom. The highest BCUT2D eigenvalue weighted by molar-refractivity contribution is 6.13. The molecule has 0 fully saturated rings. The smallest absolute Gasteiger partial charge is 0.416 e. The Hall–Kier alpha value is -3.29. The molecule has 0 unspecified atom stereocenters. The van der Waals surface area contributed by atoms with E-state index in [1.54, 1.807) is 18.2 Å². The Balaban J connectivity index is 1.94. The summed E-state index contributed by atoms with van der Waals surface area (Å²) in [6.07, 6.45) is -3.23. The Bertz CT molecular complexity index is 948. The van der Waals surface area contributed by atoms with Crippen LogP contribution in [0.3, 0.4) is 0 Å². The van der Waals surface area contributed by atoms with E-state index in [2.05, 4.69) is 4.99 Å². The molecule has 0 aliphatic carbocycles. The largest absolute Gasteiger partial charge is 0.493 e. The molecule has 0 saturated heterocycles. The van der Waals surface area contributed by atoms with Crippen molar-refractivity contribution in [2.75, 3.05) is 14.2 Å². The van der Waals surface area contributed by atoms with Crippen molar-refractivity contribution in [2.45, 2.75) is 6.18 Å². The summed E-state index contributed by atoms with van der Waals surface area (Å²) in [4.78, 5) is 16.1. The number of cyclic esters (lactones) is 1. The number of aliphatic imine (C=N–C) groups is 1. The first-order chi connectivity index (χ1) is 12.8. The van der Waals surface area contributed by atoms with E-state index in [1.165, 1.54) is 32.4 Å². The minimum atomic E-state index is -4.47. The van der Waals surface area contributed by atoms with Gasteiger partial charge in [-0.3, -0.25) is 0 Å². The lowest BCUT2D eigenvalue weighted by atomic mass is 10.1.